The Bertz CT molecular complexity index is 433. The van der Waals surface area contributed by atoms with E-state index in [1.807, 2.05) is 29.9 Å². The highest BCUT2D eigenvalue weighted by atomic mass is 15.0. The number of rotatable bonds is 2. The van der Waals surface area contributed by atoms with Crippen LogP contribution in [0.1, 0.15) is 11.5 Å². The van der Waals surface area contributed by atoms with E-state index >= 15 is 0 Å². The Hall–Kier alpha value is -1.84. The van der Waals surface area contributed by atoms with Crippen LogP contribution in [0, 0.1) is 0 Å². The highest BCUT2D eigenvalue weighted by molar-refractivity contribution is 5.29. The van der Waals surface area contributed by atoms with E-state index in [9.17, 15) is 0 Å². The summed E-state index contributed by atoms with van der Waals surface area (Å²) < 4.78 is 1.98. The maximum absolute atomic E-state index is 5.59. The van der Waals surface area contributed by atoms with Crippen molar-refractivity contribution in [1.29, 1.82) is 0 Å². The first-order valence-corrected chi connectivity index (χ1v) is 4.43. The summed E-state index contributed by atoms with van der Waals surface area (Å²) in [6.07, 6.45) is 4.41. The van der Waals surface area contributed by atoms with Crippen LogP contribution in [-0.4, -0.2) is 14.5 Å². The molecule has 2 heterocycles. The fraction of sp³-hybridized carbons (Fsp3) is 0.200. The van der Waals surface area contributed by atoms with Crippen molar-refractivity contribution >= 4 is 5.82 Å². The number of aryl methyl sites for hydroxylation is 1. The van der Waals surface area contributed by atoms with Gasteiger partial charge < -0.3 is 10.3 Å². The lowest BCUT2D eigenvalue weighted by Gasteiger charge is -2.01. The summed E-state index contributed by atoms with van der Waals surface area (Å²) in [5.74, 6) is 1.54. The molecule has 0 spiro atoms. The number of imidazole rings is 1. The van der Waals surface area contributed by atoms with E-state index in [2.05, 4.69) is 9.97 Å². The van der Waals surface area contributed by atoms with Crippen molar-refractivity contribution in [3.8, 4) is 0 Å². The summed E-state index contributed by atoms with van der Waals surface area (Å²) in [6, 6.07) is 5.63. The first-order chi connectivity index (χ1) is 6.75. The number of pyridine rings is 1. The number of nitrogen functional groups attached to an aromatic ring is 1. The van der Waals surface area contributed by atoms with Crippen LogP contribution in [-0.2, 0) is 13.5 Å². The number of nitrogens with two attached hydrogens (primary N) is 1. The molecule has 0 bridgehead atoms. The maximum Gasteiger partial charge on any atom is 0.123 e. The Morgan fingerprint density at radius 1 is 1.43 bits per heavy atom. The maximum atomic E-state index is 5.59. The zero-order valence-electron chi connectivity index (χ0n) is 8.01. The second-order valence-electron chi connectivity index (χ2n) is 3.18. The van der Waals surface area contributed by atoms with Crippen LogP contribution < -0.4 is 5.73 Å². The number of nitrogens with zero attached hydrogens (tertiary/aromatic N) is 3. The highest BCUT2D eigenvalue weighted by Crippen LogP contribution is 2.06. The summed E-state index contributed by atoms with van der Waals surface area (Å²) in [7, 11) is 1.97. The van der Waals surface area contributed by atoms with Crippen LogP contribution in [0.15, 0.2) is 30.6 Å². The van der Waals surface area contributed by atoms with Gasteiger partial charge in [-0.1, -0.05) is 6.07 Å². The summed E-state index contributed by atoms with van der Waals surface area (Å²) >= 11 is 0. The number of hydrogen-bond donors (Lipinski definition) is 1. The van der Waals surface area contributed by atoms with E-state index < -0.39 is 0 Å². The first-order valence-electron chi connectivity index (χ1n) is 4.43. The van der Waals surface area contributed by atoms with Gasteiger partial charge in [0, 0.05) is 25.9 Å². The van der Waals surface area contributed by atoms with Crippen molar-refractivity contribution in [2.24, 2.45) is 7.05 Å². The quantitative estimate of drug-likeness (QED) is 0.764. The number of aromatic nitrogens is 3. The Labute approximate surface area is 82.4 Å². The predicted molar refractivity (Wildman–Crippen MR) is 54.7 cm³/mol. The molecule has 0 fully saturated rings. The van der Waals surface area contributed by atoms with Crippen LogP contribution in [0.25, 0.3) is 0 Å². The normalized spacial score (nSPS) is 10.4. The molecule has 0 aliphatic rings. The average molecular weight is 188 g/mol. The fourth-order valence-corrected chi connectivity index (χ4v) is 1.33. The zero-order valence-corrected chi connectivity index (χ0v) is 8.01. The molecule has 0 radical (unpaired) electrons. The molecule has 0 aromatic carbocycles. The molecule has 0 atom stereocenters. The second kappa shape index (κ2) is 3.49. The van der Waals surface area contributed by atoms with Crippen molar-refractivity contribution in [2.45, 2.75) is 6.42 Å². The molecule has 2 rings (SSSR count). The molecule has 4 nitrogen and oxygen atoms in total. The molecule has 0 amide bonds. The Kier molecular flexibility index (Phi) is 2.18. The monoisotopic (exact) mass is 188 g/mol. The molecule has 2 N–H and O–H groups in total. The third kappa shape index (κ3) is 1.74. The van der Waals surface area contributed by atoms with Crippen molar-refractivity contribution in [3.05, 3.63) is 42.1 Å². The minimum absolute atomic E-state index is 0.553. The Morgan fingerprint density at radius 2 is 2.29 bits per heavy atom. The summed E-state index contributed by atoms with van der Waals surface area (Å²) in [6.45, 7) is 0. The lowest BCUT2D eigenvalue weighted by Crippen LogP contribution is -2.01. The highest BCUT2D eigenvalue weighted by Gasteiger charge is 2.02. The van der Waals surface area contributed by atoms with E-state index in [1.54, 1.807) is 12.3 Å². The predicted octanol–water partition coefficient (Wildman–Crippen LogP) is 0.988. The van der Waals surface area contributed by atoms with Gasteiger partial charge in [0.05, 0.1) is 5.69 Å². The molecule has 4 heteroatoms. The van der Waals surface area contributed by atoms with Gasteiger partial charge in [-0.3, -0.25) is 0 Å². The van der Waals surface area contributed by atoms with Crippen LogP contribution in [0.3, 0.4) is 0 Å². The van der Waals surface area contributed by atoms with E-state index in [-0.39, 0.29) is 0 Å². The summed E-state index contributed by atoms with van der Waals surface area (Å²) in [5.41, 5.74) is 6.53. The summed E-state index contributed by atoms with van der Waals surface area (Å²) in [5, 5.41) is 0. The van der Waals surface area contributed by atoms with Gasteiger partial charge >= 0.3 is 0 Å². The SMILES string of the molecule is Cn1ccnc1Cc1cccc(N)n1. The van der Waals surface area contributed by atoms with Gasteiger partial charge in [-0.25, -0.2) is 9.97 Å². The van der Waals surface area contributed by atoms with E-state index in [0.717, 1.165) is 11.5 Å². The standard InChI is InChI=1S/C10H12N4/c1-14-6-5-12-10(14)7-8-3-2-4-9(11)13-8/h2-6H,7H2,1H3,(H2,11,13). The van der Waals surface area contributed by atoms with Crippen molar-refractivity contribution in [1.82, 2.24) is 14.5 Å². The first kappa shape index (κ1) is 8.74. The lowest BCUT2D eigenvalue weighted by molar-refractivity contribution is 0.812. The smallest absolute Gasteiger partial charge is 0.123 e. The third-order valence-electron chi connectivity index (χ3n) is 2.09. The van der Waals surface area contributed by atoms with Gasteiger partial charge in [0.25, 0.3) is 0 Å². The number of anilines is 1. The molecule has 2 aromatic rings. The largest absolute Gasteiger partial charge is 0.384 e. The van der Waals surface area contributed by atoms with Gasteiger partial charge in [-0.05, 0) is 12.1 Å². The van der Waals surface area contributed by atoms with Crippen molar-refractivity contribution in [3.63, 3.8) is 0 Å². The molecule has 0 aliphatic carbocycles. The molecule has 0 saturated carbocycles. The zero-order chi connectivity index (χ0) is 9.97. The molecule has 2 aromatic heterocycles. The molecule has 72 valence electrons. The van der Waals surface area contributed by atoms with Gasteiger partial charge in [0.2, 0.25) is 0 Å². The van der Waals surface area contributed by atoms with Crippen LogP contribution in [0.2, 0.25) is 0 Å². The molecule has 0 aliphatic heterocycles. The van der Waals surface area contributed by atoms with E-state index in [4.69, 9.17) is 5.73 Å². The van der Waals surface area contributed by atoms with E-state index in [1.165, 1.54) is 0 Å². The topological polar surface area (TPSA) is 56.7 Å². The van der Waals surface area contributed by atoms with Crippen LogP contribution in [0.4, 0.5) is 5.82 Å². The minimum Gasteiger partial charge on any atom is -0.384 e. The van der Waals surface area contributed by atoms with Crippen molar-refractivity contribution in [2.75, 3.05) is 5.73 Å². The van der Waals surface area contributed by atoms with Crippen molar-refractivity contribution < 1.29 is 0 Å². The third-order valence-corrected chi connectivity index (χ3v) is 2.09. The van der Waals surface area contributed by atoms with Crippen LogP contribution in [0.5, 0.6) is 0 Å². The average Bonchev–Trinajstić information content (AvgIpc) is 2.52. The van der Waals surface area contributed by atoms with Gasteiger partial charge in [0.1, 0.15) is 11.6 Å². The molecular formula is C10H12N4. The molecule has 0 unspecified atom stereocenters. The molecule has 0 saturated heterocycles. The van der Waals surface area contributed by atoms with Gasteiger partial charge in [0.15, 0.2) is 0 Å². The fourth-order valence-electron chi connectivity index (χ4n) is 1.33. The second-order valence-corrected chi connectivity index (χ2v) is 3.18. The van der Waals surface area contributed by atoms with Gasteiger partial charge in [-0.2, -0.15) is 0 Å². The molecular weight excluding hydrogens is 176 g/mol. The Morgan fingerprint density at radius 3 is 2.93 bits per heavy atom. The number of hydrogen-bond acceptors (Lipinski definition) is 3. The van der Waals surface area contributed by atoms with Gasteiger partial charge in [-0.15, -0.1) is 0 Å². The molecule has 14 heavy (non-hydrogen) atoms. The van der Waals surface area contributed by atoms with Crippen LogP contribution >= 0.6 is 0 Å². The lowest BCUT2D eigenvalue weighted by atomic mass is 10.2. The minimum atomic E-state index is 0.553. The van der Waals surface area contributed by atoms with E-state index in [0.29, 0.717) is 12.2 Å². The Balaban J connectivity index is 2.23. The summed E-state index contributed by atoms with van der Waals surface area (Å²) in [4.78, 5) is 8.44.